The van der Waals surface area contributed by atoms with Gasteiger partial charge >= 0.3 is 6.03 Å². The molecular weight excluding hydrogens is 390 g/mol. The molecule has 29 heavy (non-hydrogen) atoms. The molecule has 3 aromatic rings. The van der Waals surface area contributed by atoms with E-state index in [0.29, 0.717) is 24.1 Å². The number of carbonyl (C=O) groups is 2. The summed E-state index contributed by atoms with van der Waals surface area (Å²) in [6.07, 6.45) is 1.61. The van der Waals surface area contributed by atoms with Crippen molar-refractivity contribution >= 4 is 23.7 Å². The van der Waals surface area contributed by atoms with Crippen LogP contribution < -0.4 is 10.6 Å². The molecule has 3 rings (SSSR count). The molecule has 0 saturated heterocycles. The third kappa shape index (κ3) is 4.68. The van der Waals surface area contributed by atoms with Crippen LogP contribution in [-0.4, -0.2) is 33.2 Å². The molecule has 152 valence electrons. The van der Waals surface area contributed by atoms with Gasteiger partial charge < -0.3 is 14.3 Å². The summed E-state index contributed by atoms with van der Waals surface area (Å²) in [6.45, 7) is 6.69. The minimum atomic E-state index is -0.661. The predicted octanol–water partition coefficient (Wildman–Crippen LogP) is 3.55. The van der Waals surface area contributed by atoms with E-state index in [4.69, 9.17) is 4.42 Å². The minimum Gasteiger partial charge on any atom is -0.469 e. The maximum atomic E-state index is 12.9. The molecule has 0 aliphatic rings. The molecule has 0 bridgehead atoms. The van der Waals surface area contributed by atoms with Gasteiger partial charge in [0.2, 0.25) is 5.91 Å². The molecule has 0 radical (unpaired) electrons. The number of aromatic nitrogens is 3. The van der Waals surface area contributed by atoms with Crippen LogP contribution in [0.2, 0.25) is 0 Å². The van der Waals surface area contributed by atoms with Crippen LogP contribution in [-0.2, 0) is 11.3 Å². The summed E-state index contributed by atoms with van der Waals surface area (Å²) in [7, 11) is 0. The van der Waals surface area contributed by atoms with Gasteiger partial charge in [0.15, 0.2) is 11.0 Å². The zero-order chi connectivity index (χ0) is 20.8. The third-order valence-electron chi connectivity index (χ3n) is 4.27. The molecule has 1 atom stereocenters. The first kappa shape index (κ1) is 20.7. The number of hydrogen-bond acceptors (Lipinski definition) is 6. The average molecular weight is 414 g/mol. The van der Waals surface area contributed by atoms with Crippen molar-refractivity contribution in [1.82, 2.24) is 25.4 Å². The predicted molar refractivity (Wildman–Crippen MR) is 110 cm³/mol. The van der Waals surface area contributed by atoms with E-state index < -0.39 is 17.2 Å². The number of aryl methyl sites for hydroxylation is 1. The Bertz CT molecular complexity index is 983. The summed E-state index contributed by atoms with van der Waals surface area (Å²) >= 11 is 1.25. The lowest BCUT2D eigenvalue weighted by Crippen LogP contribution is -2.41. The van der Waals surface area contributed by atoms with Gasteiger partial charge in [-0.05, 0) is 32.4 Å². The molecule has 2 heterocycles. The molecule has 8 nitrogen and oxygen atoms in total. The lowest BCUT2D eigenvalue weighted by atomic mass is 10.1. The summed E-state index contributed by atoms with van der Waals surface area (Å²) in [5.41, 5.74) is 1.63. The second kappa shape index (κ2) is 9.42. The number of rotatable bonds is 7. The van der Waals surface area contributed by atoms with Gasteiger partial charge in [0.25, 0.3) is 0 Å². The van der Waals surface area contributed by atoms with Crippen LogP contribution in [0.5, 0.6) is 0 Å². The van der Waals surface area contributed by atoms with Gasteiger partial charge in [0, 0.05) is 13.1 Å². The highest BCUT2D eigenvalue weighted by molar-refractivity contribution is 8.00. The molecule has 0 fully saturated rings. The molecule has 3 amide bonds. The molecule has 2 aromatic heterocycles. The number of imide groups is 1. The van der Waals surface area contributed by atoms with Crippen molar-refractivity contribution in [2.24, 2.45) is 0 Å². The van der Waals surface area contributed by atoms with Crippen molar-refractivity contribution in [3.8, 4) is 11.4 Å². The Morgan fingerprint density at radius 2 is 1.93 bits per heavy atom. The Morgan fingerprint density at radius 3 is 2.55 bits per heavy atom. The van der Waals surface area contributed by atoms with Gasteiger partial charge in [-0.1, -0.05) is 42.1 Å². The Hall–Kier alpha value is -3.07. The third-order valence-corrected chi connectivity index (χ3v) is 5.51. The van der Waals surface area contributed by atoms with E-state index in [1.165, 1.54) is 11.8 Å². The number of furan rings is 1. The Labute approximate surface area is 173 Å². The van der Waals surface area contributed by atoms with Gasteiger partial charge in [-0.3, -0.25) is 10.1 Å². The minimum absolute atomic E-state index is 0.418. The second-order valence-corrected chi connectivity index (χ2v) is 7.27. The smallest absolute Gasteiger partial charge is 0.321 e. The first-order valence-corrected chi connectivity index (χ1v) is 10.2. The van der Waals surface area contributed by atoms with Crippen molar-refractivity contribution in [1.29, 1.82) is 0 Å². The normalized spacial score (nSPS) is 11.8. The molecule has 1 aromatic carbocycles. The van der Waals surface area contributed by atoms with Gasteiger partial charge in [0.05, 0.1) is 11.8 Å². The zero-order valence-corrected chi connectivity index (χ0v) is 17.3. The van der Waals surface area contributed by atoms with Crippen LogP contribution in [0.3, 0.4) is 0 Å². The lowest BCUT2D eigenvalue weighted by Gasteiger charge is -2.16. The van der Waals surface area contributed by atoms with E-state index in [0.717, 1.165) is 16.9 Å². The van der Waals surface area contributed by atoms with E-state index in [9.17, 15) is 9.59 Å². The average Bonchev–Trinajstić information content (AvgIpc) is 3.31. The summed E-state index contributed by atoms with van der Waals surface area (Å²) in [6, 6.07) is 10.6. The maximum Gasteiger partial charge on any atom is 0.321 e. The van der Waals surface area contributed by atoms with Crippen molar-refractivity contribution < 1.29 is 14.0 Å². The van der Waals surface area contributed by atoms with E-state index in [-0.39, 0.29) is 0 Å². The zero-order valence-electron chi connectivity index (χ0n) is 16.5. The number of benzene rings is 1. The van der Waals surface area contributed by atoms with Crippen molar-refractivity contribution in [2.45, 2.75) is 37.7 Å². The van der Waals surface area contributed by atoms with Crippen LogP contribution in [0.4, 0.5) is 4.79 Å². The first-order valence-electron chi connectivity index (χ1n) is 9.33. The largest absolute Gasteiger partial charge is 0.469 e. The standard InChI is InChI=1S/C20H23N5O3S/c1-4-21-19(27)22-18(26)16(14-9-7-6-8-10-14)29-20-24-23-17(25(20)5-2)15-11-12-28-13(15)3/h6-12,16H,4-5H2,1-3H3,(H2,21,22,26,27)/t16-/m1/s1. The van der Waals surface area contributed by atoms with E-state index in [1.807, 2.05) is 54.8 Å². The van der Waals surface area contributed by atoms with Crippen LogP contribution >= 0.6 is 11.8 Å². The number of thioether (sulfide) groups is 1. The van der Waals surface area contributed by atoms with Gasteiger partial charge in [-0.15, -0.1) is 10.2 Å². The lowest BCUT2D eigenvalue weighted by molar-refractivity contribution is -0.119. The second-order valence-electron chi connectivity index (χ2n) is 6.20. The van der Waals surface area contributed by atoms with E-state index in [1.54, 1.807) is 13.2 Å². The van der Waals surface area contributed by atoms with Crippen LogP contribution in [0, 0.1) is 6.92 Å². The molecule has 0 unspecified atom stereocenters. The number of hydrogen-bond donors (Lipinski definition) is 2. The number of urea groups is 1. The van der Waals surface area contributed by atoms with Crippen LogP contribution in [0.1, 0.15) is 30.4 Å². The summed E-state index contributed by atoms with van der Waals surface area (Å²) < 4.78 is 7.31. The fourth-order valence-corrected chi connectivity index (χ4v) is 3.97. The quantitative estimate of drug-likeness (QED) is 0.575. The van der Waals surface area contributed by atoms with Crippen molar-refractivity contribution in [3.63, 3.8) is 0 Å². The molecular formula is C20H23N5O3S. The number of nitrogens with zero attached hydrogens (tertiary/aromatic N) is 3. The molecule has 0 aliphatic carbocycles. The molecule has 9 heteroatoms. The number of amides is 3. The monoisotopic (exact) mass is 413 g/mol. The first-order chi connectivity index (χ1) is 14.0. The molecule has 0 aliphatic heterocycles. The molecule has 2 N–H and O–H groups in total. The van der Waals surface area contributed by atoms with E-state index >= 15 is 0 Å². The maximum absolute atomic E-state index is 12.9. The van der Waals surface area contributed by atoms with Gasteiger partial charge in [0.1, 0.15) is 11.0 Å². The number of carbonyl (C=O) groups excluding carboxylic acids is 2. The summed E-state index contributed by atoms with van der Waals surface area (Å²) in [5, 5.41) is 13.5. The summed E-state index contributed by atoms with van der Waals surface area (Å²) in [4.78, 5) is 24.7. The highest BCUT2D eigenvalue weighted by Gasteiger charge is 2.27. The topological polar surface area (TPSA) is 102 Å². The summed E-state index contributed by atoms with van der Waals surface area (Å²) in [5.74, 6) is 1.01. The van der Waals surface area contributed by atoms with Gasteiger partial charge in [-0.2, -0.15) is 0 Å². The molecule has 0 saturated carbocycles. The van der Waals surface area contributed by atoms with Crippen molar-refractivity contribution in [3.05, 3.63) is 54.0 Å². The van der Waals surface area contributed by atoms with E-state index in [2.05, 4.69) is 20.8 Å². The number of nitrogens with one attached hydrogen (secondary N) is 2. The van der Waals surface area contributed by atoms with Crippen LogP contribution in [0.25, 0.3) is 11.4 Å². The van der Waals surface area contributed by atoms with Gasteiger partial charge in [-0.25, -0.2) is 4.79 Å². The highest BCUT2D eigenvalue weighted by Crippen LogP contribution is 2.36. The fourth-order valence-electron chi connectivity index (χ4n) is 2.87. The molecule has 0 spiro atoms. The highest BCUT2D eigenvalue weighted by atomic mass is 32.2. The SMILES string of the molecule is CCNC(=O)NC(=O)[C@H](Sc1nnc(-c2ccoc2C)n1CC)c1ccccc1. The fraction of sp³-hybridized carbons (Fsp3) is 0.300. The Kier molecular flexibility index (Phi) is 6.71. The Morgan fingerprint density at radius 1 is 1.17 bits per heavy atom. The van der Waals surface area contributed by atoms with Crippen LogP contribution in [0.15, 0.2) is 52.2 Å². The Balaban J connectivity index is 1.92. The van der Waals surface area contributed by atoms with Crippen molar-refractivity contribution in [2.75, 3.05) is 6.54 Å².